The molecule has 4 heteroatoms. The van der Waals surface area contributed by atoms with Gasteiger partial charge in [-0.15, -0.1) is 0 Å². The van der Waals surface area contributed by atoms with Crippen LogP contribution in [0.3, 0.4) is 0 Å². The first-order valence-corrected chi connectivity index (χ1v) is 10.3. The van der Waals surface area contributed by atoms with Crippen LogP contribution in [0.15, 0.2) is 46.7 Å². The second-order valence-electron chi connectivity index (χ2n) is 8.08. The van der Waals surface area contributed by atoms with Crippen LogP contribution < -0.4 is 0 Å². The molecule has 0 radical (unpaired) electrons. The number of hydrogen-bond donors (Lipinski definition) is 0. The lowest BCUT2D eigenvalue weighted by atomic mass is 9.89. The van der Waals surface area contributed by atoms with Gasteiger partial charge in [0.15, 0.2) is 0 Å². The summed E-state index contributed by atoms with van der Waals surface area (Å²) in [5.41, 5.74) is -0.445. The Morgan fingerprint density at radius 2 is 1.96 bits per heavy atom. The average molecular weight is 377 g/mol. The molecule has 1 saturated heterocycles. The number of ether oxygens (including phenoxy) is 2. The minimum absolute atomic E-state index is 0.143. The molecule has 144 valence electrons. The van der Waals surface area contributed by atoms with Crippen LogP contribution in [0.5, 0.6) is 0 Å². The van der Waals surface area contributed by atoms with Crippen LogP contribution in [0.1, 0.15) is 53.4 Å². The molecule has 0 amide bonds. The standard InChI is InChI=1S/C22H32O3S/c1-16-13-14-19(17(2)26-18-10-7-6-8-11-18)20(25-16)12-9-15-24-21(23)22(3,4)5/h6-8,10-11,16,19-20H,2,9,12-15H2,1,3-5H3/t16-,19?,20+/m1/s1. The second kappa shape index (κ2) is 9.61. The van der Waals surface area contributed by atoms with Crippen LogP contribution in [-0.2, 0) is 14.3 Å². The summed E-state index contributed by atoms with van der Waals surface area (Å²) in [4.78, 5) is 14.3. The van der Waals surface area contributed by atoms with Crippen molar-refractivity contribution in [1.82, 2.24) is 0 Å². The quantitative estimate of drug-likeness (QED) is 0.340. The Morgan fingerprint density at radius 3 is 2.62 bits per heavy atom. The number of esters is 1. The second-order valence-corrected chi connectivity index (χ2v) is 9.28. The van der Waals surface area contributed by atoms with Crippen molar-refractivity contribution < 1.29 is 14.3 Å². The van der Waals surface area contributed by atoms with Crippen LogP contribution in [0.4, 0.5) is 0 Å². The molecule has 1 aliphatic heterocycles. The third-order valence-corrected chi connectivity index (χ3v) is 5.70. The highest BCUT2D eigenvalue weighted by atomic mass is 32.2. The first-order valence-electron chi connectivity index (χ1n) is 9.51. The zero-order chi connectivity index (χ0) is 19.2. The lowest BCUT2D eigenvalue weighted by Gasteiger charge is -2.36. The van der Waals surface area contributed by atoms with Gasteiger partial charge in [0.25, 0.3) is 0 Å². The Kier molecular flexibility index (Phi) is 7.78. The number of hydrogen-bond acceptors (Lipinski definition) is 4. The van der Waals surface area contributed by atoms with E-state index in [1.807, 2.05) is 26.8 Å². The third-order valence-electron chi connectivity index (χ3n) is 4.62. The molecule has 2 rings (SSSR count). The van der Waals surface area contributed by atoms with Crippen molar-refractivity contribution in [1.29, 1.82) is 0 Å². The maximum atomic E-state index is 11.9. The fraction of sp³-hybridized carbons (Fsp3) is 0.591. The number of carbonyl (C=O) groups excluding carboxylic acids is 1. The van der Waals surface area contributed by atoms with Crippen LogP contribution in [0, 0.1) is 11.3 Å². The molecular formula is C22H32O3S. The first kappa shape index (κ1) is 21.0. The number of benzene rings is 1. The van der Waals surface area contributed by atoms with Crippen LogP contribution in [-0.4, -0.2) is 24.8 Å². The molecule has 3 nitrogen and oxygen atoms in total. The normalized spacial score (nSPS) is 23.5. The summed E-state index contributed by atoms with van der Waals surface area (Å²) >= 11 is 1.74. The van der Waals surface area contributed by atoms with Crippen molar-refractivity contribution in [2.24, 2.45) is 11.3 Å². The molecule has 0 spiro atoms. The molecule has 1 aliphatic rings. The van der Waals surface area contributed by atoms with Gasteiger partial charge in [0, 0.05) is 10.8 Å². The third kappa shape index (κ3) is 6.48. The van der Waals surface area contributed by atoms with E-state index in [-0.39, 0.29) is 18.2 Å². The van der Waals surface area contributed by atoms with Gasteiger partial charge < -0.3 is 9.47 Å². The minimum Gasteiger partial charge on any atom is -0.465 e. The van der Waals surface area contributed by atoms with Crippen LogP contribution in [0.25, 0.3) is 0 Å². The topological polar surface area (TPSA) is 35.5 Å². The maximum Gasteiger partial charge on any atom is 0.311 e. The van der Waals surface area contributed by atoms with Gasteiger partial charge in [-0.1, -0.05) is 36.5 Å². The highest BCUT2D eigenvalue weighted by Crippen LogP contribution is 2.39. The molecule has 26 heavy (non-hydrogen) atoms. The fourth-order valence-corrected chi connectivity index (χ4v) is 4.10. The van der Waals surface area contributed by atoms with E-state index in [0.717, 1.165) is 25.7 Å². The number of carbonyl (C=O) groups is 1. The van der Waals surface area contributed by atoms with Crippen LogP contribution >= 0.6 is 11.8 Å². The summed E-state index contributed by atoms with van der Waals surface area (Å²) in [6, 6.07) is 10.4. The van der Waals surface area contributed by atoms with Crippen LogP contribution in [0.2, 0.25) is 0 Å². The summed E-state index contributed by atoms with van der Waals surface area (Å²) in [6.07, 6.45) is 4.30. The molecule has 0 aromatic heterocycles. The Labute approximate surface area is 162 Å². The highest BCUT2D eigenvalue weighted by molar-refractivity contribution is 8.03. The monoisotopic (exact) mass is 376 g/mol. The average Bonchev–Trinajstić information content (AvgIpc) is 2.58. The van der Waals surface area contributed by atoms with Gasteiger partial charge in [-0.3, -0.25) is 4.79 Å². The zero-order valence-electron chi connectivity index (χ0n) is 16.5. The number of thioether (sulfide) groups is 1. The molecule has 1 fully saturated rings. The molecule has 1 unspecified atom stereocenters. The van der Waals surface area contributed by atoms with E-state index in [1.54, 1.807) is 11.8 Å². The van der Waals surface area contributed by atoms with E-state index in [2.05, 4.69) is 37.8 Å². The van der Waals surface area contributed by atoms with E-state index < -0.39 is 5.41 Å². The van der Waals surface area contributed by atoms with Gasteiger partial charge in [-0.2, -0.15) is 0 Å². The SMILES string of the molecule is C=C(Sc1ccccc1)C1CC[C@@H](C)O[C@H]1CCCOC(=O)C(C)(C)C. The molecule has 3 atom stereocenters. The lowest BCUT2D eigenvalue weighted by molar-refractivity contribution is -0.153. The predicted octanol–water partition coefficient (Wildman–Crippen LogP) is 5.85. The molecule has 1 aromatic carbocycles. The Bertz CT molecular complexity index is 591. The van der Waals surface area contributed by atoms with Crippen molar-refractivity contribution in [2.75, 3.05) is 6.61 Å². The molecular weight excluding hydrogens is 344 g/mol. The van der Waals surface area contributed by atoms with Crippen molar-refractivity contribution in [3.05, 3.63) is 41.8 Å². The lowest BCUT2D eigenvalue weighted by Crippen LogP contribution is -2.34. The van der Waals surface area contributed by atoms with E-state index in [4.69, 9.17) is 9.47 Å². The first-order chi connectivity index (χ1) is 12.3. The summed E-state index contributed by atoms with van der Waals surface area (Å²) in [5, 5.41) is 0. The van der Waals surface area contributed by atoms with Gasteiger partial charge in [-0.05, 0) is 70.4 Å². The number of rotatable bonds is 7. The van der Waals surface area contributed by atoms with Crippen molar-refractivity contribution in [3.8, 4) is 0 Å². The van der Waals surface area contributed by atoms with Gasteiger partial charge in [0.05, 0.1) is 24.2 Å². The Morgan fingerprint density at radius 1 is 1.27 bits per heavy atom. The predicted molar refractivity (Wildman–Crippen MR) is 108 cm³/mol. The molecule has 1 aromatic rings. The minimum atomic E-state index is -0.445. The van der Waals surface area contributed by atoms with Gasteiger partial charge in [0.2, 0.25) is 0 Å². The Balaban J connectivity index is 1.86. The van der Waals surface area contributed by atoms with Gasteiger partial charge in [-0.25, -0.2) is 0 Å². The molecule has 0 aliphatic carbocycles. The van der Waals surface area contributed by atoms with Gasteiger partial charge >= 0.3 is 5.97 Å². The smallest absolute Gasteiger partial charge is 0.311 e. The van der Waals surface area contributed by atoms with Crippen molar-refractivity contribution in [2.45, 2.75) is 70.5 Å². The maximum absolute atomic E-state index is 11.9. The summed E-state index contributed by atoms with van der Waals surface area (Å²) in [5.74, 6) is 0.200. The fourth-order valence-electron chi connectivity index (χ4n) is 3.08. The summed E-state index contributed by atoms with van der Waals surface area (Å²) in [7, 11) is 0. The molecule has 0 N–H and O–H groups in total. The van der Waals surface area contributed by atoms with Gasteiger partial charge in [0.1, 0.15) is 0 Å². The van der Waals surface area contributed by atoms with E-state index in [0.29, 0.717) is 12.5 Å². The highest BCUT2D eigenvalue weighted by Gasteiger charge is 2.31. The molecule has 0 saturated carbocycles. The largest absolute Gasteiger partial charge is 0.465 e. The van der Waals surface area contributed by atoms with Crippen molar-refractivity contribution in [3.63, 3.8) is 0 Å². The van der Waals surface area contributed by atoms with E-state index in [1.165, 1.54) is 9.80 Å². The van der Waals surface area contributed by atoms with E-state index in [9.17, 15) is 4.79 Å². The zero-order valence-corrected chi connectivity index (χ0v) is 17.3. The molecule has 0 bridgehead atoms. The Hall–Kier alpha value is -1.26. The summed E-state index contributed by atoms with van der Waals surface area (Å²) < 4.78 is 11.6. The molecule has 1 heterocycles. The summed E-state index contributed by atoms with van der Waals surface area (Å²) in [6.45, 7) is 12.6. The van der Waals surface area contributed by atoms with Crippen molar-refractivity contribution >= 4 is 17.7 Å². The van der Waals surface area contributed by atoms with E-state index >= 15 is 0 Å².